The summed E-state index contributed by atoms with van der Waals surface area (Å²) in [7, 11) is 0. The van der Waals surface area contributed by atoms with Gasteiger partial charge in [-0.3, -0.25) is 4.79 Å². The third-order valence-corrected chi connectivity index (χ3v) is 6.42. The molecule has 0 heterocycles. The Hall–Kier alpha value is -0.770. The van der Waals surface area contributed by atoms with Crippen molar-refractivity contribution in [3.05, 3.63) is 28.2 Å². The Morgan fingerprint density at radius 2 is 1.70 bits per heavy atom. The quantitative estimate of drug-likeness (QED) is 0.837. The van der Waals surface area contributed by atoms with Crippen molar-refractivity contribution in [2.75, 3.05) is 11.9 Å². The van der Waals surface area contributed by atoms with Gasteiger partial charge < -0.3 is 10.6 Å². The van der Waals surface area contributed by atoms with Gasteiger partial charge in [0.25, 0.3) is 0 Å². The van der Waals surface area contributed by atoms with E-state index in [-0.39, 0.29) is 11.4 Å². The second-order valence-electron chi connectivity index (χ2n) is 7.72. The van der Waals surface area contributed by atoms with E-state index in [1.54, 1.807) is 18.2 Å². The smallest absolute Gasteiger partial charge is 0.238 e. The standard InChI is InChI=1S/C18H22Cl2N2O/c19-14-1-2-16(15(20)6-14)22-17(23)10-21-18-7-11-3-12(8-18)5-13(4-11)9-18/h1-2,6,11-13,21H,3-5,7-10H2,(H,22,23). The monoisotopic (exact) mass is 352 g/mol. The largest absolute Gasteiger partial charge is 0.324 e. The Morgan fingerprint density at radius 1 is 1.09 bits per heavy atom. The molecule has 0 spiro atoms. The molecule has 3 nitrogen and oxygen atoms in total. The van der Waals surface area contributed by atoms with Crippen molar-refractivity contribution >= 4 is 34.8 Å². The number of amides is 1. The number of halogens is 2. The van der Waals surface area contributed by atoms with Crippen LogP contribution >= 0.6 is 23.2 Å². The molecule has 124 valence electrons. The van der Waals surface area contributed by atoms with Gasteiger partial charge in [0.2, 0.25) is 5.91 Å². The fourth-order valence-corrected chi connectivity index (χ4v) is 5.84. The third-order valence-electron chi connectivity index (χ3n) is 5.87. The molecule has 4 bridgehead atoms. The zero-order chi connectivity index (χ0) is 16.0. The predicted molar refractivity (Wildman–Crippen MR) is 94.0 cm³/mol. The van der Waals surface area contributed by atoms with Gasteiger partial charge in [-0.1, -0.05) is 23.2 Å². The van der Waals surface area contributed by atoms with Crippen molar-refractivity contribution in [3.63, 3.8) is 0 Å². The first-order valence-electron chi connectivity index (χ1n) is 8.51. The Labute approximate surface area is 147 Å². The van der Waals surface area contributed by atoms with Crippen LogP contribution in [0.1, 0.15) is 38.5 Å². The van der Waals surface area contributed by atoms with Gasteiger partial charge in [0.15, 0.2) is 0 Å². The number of nitrogens with one attached hydrogen (secondary N) is 2. The van der Waals surface area contributed by atoms with Gasteiger partial charge in [-0.25, -0.2) is 0 Å². The molecule has 4 fully saturated rings. The molecule has 0 saturated heterocycles. The number of carbonyl (C=O) groups excluding carboxylic acids is 1. The highest BCUT2D eigenvalue weighted by atomic mass is 35.5. The number of rotatable bonds is 4. The van der Waals surface area contributed by atoms with E-state index in [2.05, 4.69) is 10.6 Å². The molecule has 1 amide bonds. The summed E-state index contributed by atoms with van der Waals surface area (Å²) in [6.45, 7) is 0.352. The number of hydrogen-bond acceptors (Lipinski definition) is 2. The van der Waals surface area contributed by atoms with Gasteiger partial charge in [0, 0.05) is 10.6 Å². The molecule has 0 aromatic heterocycles. The molecule has 0 radical (unpaired) electrons. The Balaban J connectivity index is 1.36. The van der Waals surface area contributed by atoms with E-state index in [0.717, 1.165) is 17.8 Å². The molecule has 0 aliphatic heterocycles. The van der Waals surface area contributed by atoms with Crippen molar-refractivity contribution in [1.82, 2.24) is 5.32 Å². The molecule has 5 heteroatoms. The number of hydrogen-bond donors (Lipinski definition) is 2. The van der Waals surface area contributed by atoms with E-state index in [1.807, 2.05) is 0 Å². The normalized spacial score (nSPS) is 34.6. The lowest BCUT2D eigenvalue weighted by molar-refractivity contribution is -0.116. The molecule has 1 aromatic carbocycles. The van der Waals surface area contributed by atoms with E-state index in [4.69, 9.17) is 23.2 Å². The van der Waals surface area contributed by atoms with Crippen LogP contribution in [0.4, 0.5) is 5.69 Å². The minimum atomic E-state index is -0.0371. The van der Waals surface area contributed by atoms with E-state index in [9.17, 15) is 4.79 Å². The molecule has 1 aromatic rings. The van der Waals surface area contributed by atoms with Gasteiger partial charge in [-0.2, -0.15) is 0 Å². The van der Waals surface area contributed by atoms with E-state index >= 15 is 0 Å². The van der Waals surface area contributed by atoms with Crippen LogP contribution in [0.15, 0.2) is 18.2 Å². The molecule has 0 atom stereocenters. The van der Waals surface area contributed by atoms with Crippen molar-refractivity contribution in [2.24, 2.45) is 17.8 Å². The maximum atomic E-state index is 12.3. The van der Waals surface area contributed by atoms with Gasteiger partial charge in [0.05, 0.1) is 17.3 Å². The Morgan fingerprint density at radius 3 is 2.26 bits per heavy atom. The summed E-state index contributed by atoms with van der Waals surface area (Å²) in [5, 5.41) is 7.52. The van der Waals surface area contributed by atoms with Crippen molar-refractivity contribution in [1.29, 1.82) is 0 Å². The summed E-state index contributed by atoms with van der Waals surface area (Å²) in [6, 6.07) is 5.12. The van der Waals surface area contributed by atoms with Gasteiger partial charge in [-0.15, -0.1) is 0 Å². The average Bonchev–Trinajstić information content (AvgIpc) is 2.47. The van der Waals surface area contributed by atoms with Crippen LogP contribution in [0.2, 0.25) is 10.0 Å². The lowest BCUT2D eigenvalue weighted by atomic mass is 9.53. The van der Waals surface area contributed by atoms with Crippen LogP contribution in [-0.2, 0) is 4.79 Å². The maximum absolute atomic E-state index is 12.3. The van der Waals surface area contributed by atoms with Crippen LogP contribution in [-0.4, -0.2) is 18.0 Å². The van der Waals surface area contributed by atoms with Crippen LogP contribution in [0.5, 0.6) is 0 Å². The molecule has 4 saturated carbocycles. The van der Waals surface area contributed by atoms with Crippen LogP contribution in [0.25, 0.3) is 0 Å². The third kappa shape index (κ3) is 3.24. The average molecular weight is 353 g/mol. The Kier molecular flexibility index (Phi) is 4.07. The van der Waals surface area contributed by atoms with Crippen LogP contribution in [0, 0.1) is 17.8 Å². The molecule has 23 heavy (non-hydrogen) atoms. The molecule has 0 unspecified atom stereocenters. The predicted octanol–water partition coefficient (Wildman–Crippen LogP) is 4.49. The SMILES string of the molecule is O=C(CNC12CC3CC(CC(C3)C1)C2)Nc1ccc(Cl)cc1Cl. The minimum absolute atomic E-state index is 0.0371. The second kappa shape index (κ2) is 5.94. The lowest BCUT2D eigenvalue weighted by Crippen LogP contribution is -2.59. The zero-order valence-electron chi connectivity index (χ0n) is 13.1. The highest BCUT2D eigenvalue weighted by Crippen LogP contribution is 2.55. The van der Waals surface area contributed by atoms with E-state index in [1.165, 1.54) is 38.5 Å². The van der Waals surface area contributed by atoms with E-state index in [0.29, 0.717) is 22.3 Å². The summed E-state index contributed by atoms with van der Waals surface area (Å²) >= 11 is 12.0. The molecule has 4 aliphatic carbocycles. The van der Waals surface area contributed by atoms with Gasteiger partial charge in [-0.05, 0) is 74.5 Å². The van der Waals surface area contributed by atoms with Crippen LogP contribution in [0.3, 0.4) is 0 Å². The zero-order valence-corrected chi connectivity index (χ0v) is 14.6. The minimum Gasteiger partial charge on any atom is -0.324 e. The topological polar surface area (TPSA) is 41.1 Å². The first kappa shape index (κ1) is 15.7. The maximum Gasteiger partial charge on any atom is 0.238 e. The molecule has 2 N–H and O–H groups in total. The summed E-state index contributed by atoms with van der Waals surface area (Å²) in [4.78, 5) is 12.3. The fraction of sp³-hybridized carbons (Fsp3) is 0.611. The number of anilines is 1. The Bertz CT molecular complexity index is 596. The fourth-order valence-electron chi connectivity index (χ4n) is 5.38. The first-order valence-corrected chi connectivity index (χ1v) is 9.27. The summed E-state index contributed by atoms with van der Waals surface area (Å²) < 4.78 is 0. The molecule has 4 aliphatic rings. The molecule has 5 rings (SSSR count). The van der Waals surface area contributed by atoms with Crippen molar-refractivity contribution in [3.8, 4) is 0 Å². The molecular weight excluding hydrogens is 331 g/mol. The highest BCUT2D eigenvalue weighted by Gasteiger charge is 2.50. The van der Waals surface area contributed by atoms with Gasteiger partial charge in [0.1, 0.15) is 0 Å². The summed E-state index contributed by atoms with van der Waals surface area (Å²) in [6.07, 6.45) is 7.96. The van der Waals surface area contributed by atoms with Crippen molar-refractivity contribution in [2.45, 2.75) is 44.1 Å². The van der Waals surface area contributed by atoms with Gasteiger partial charge >= 0.3 is 0 Å². The summed E-state index contributed by atoms with van der Waals surface area (Å²) in [5.74, 6) is 2.59. The number of benzene rings is 1. The first-order chi connectivity index (χ1) is 11.0. The summed E-state index contributed by atoms with van der Waals surface area (Å²) in [5.41, 5.74) is 0.823. The lowest BCUT2D eigenvalue weighted by Gasteiger charge is -2.57. The second-order valence-corrected chi connectivity index (χ2v) is 8.57. The van der Waals surface area contributed by atoms with E-state index < -0.39 is 0 Å². The van der Waals surface area contributed by atoms with Crippen molar-refractivity contribution < 1.29 is 4.79 Å². The highest BCUT2D eigenvalue weighted by molar-refractivity contribution is 6.36. The van der Waals surface area contributed by atoms with Crippen LogP contribution < -0.4 is 10.6 Å². The molecular formula is C18H22Cl2N2O. The number of carbonyl (C=O) groups is 1.